The van der Waals surface area contributed by atoms with Crippen LogP contribution in [0.25, 0.3) is 0 Å². The lowest BCUT2D eigenvalue weighted by Gasteiger charge is -2.32. The molecule has 2 atom stereocenters. The number of thioether (sulfide) groups is 1. The molecule has 2 heterocycles. The summed E-state index contributed by atoms with van der Waals surface area (Å²) in [7, 11) is 0. The number of likely N-dealkylation sites (tertiary alicyclic amines) is 1. The number of benzene rings is 1. The summed E-state index contributed by atoms with van der Waals surface area (Å²) in [6.45, 7) is 3.85. The molecule has 4 heteroatoms. The van der Waals surface area contributed by atoms with Crippen LogP contribution in [0.3, 0.4) is 0 Å². The van der Waals surface area contributed by atoms with Gasteiger partial charge in [0.2, 0.25) is 5.91 Å². The molecule has 0 radical (unpaired) electrons. The second-order valence-electron chi connectivity index (χ2n) is 6.53. The van der Waals surface area contributed by atoms with Crippen molar-refractivity contribution in [3.05, 3.63) is 35.9 Å². The van der Waals surface area contributed by atoms with Gasteiger partial charge in [-0.15, -0.1) is 0 Å². The predicted octanol–water partition coefficient (Wildman–Crippen LogP) is 2.77. The minimum atomic E-state index is 0.173. The molecule has 2 fully saturated rings. The van der Waals surface area contributed by atoms with E-state index in [4.69, 9.17) is 0 Å². The summed E-state index contributed by atoms with van der Waals surface area (Å²) in [5.74, 6) is 3.61. The van der Waals surface area contributed by atoms with Gasteiger partial charge in [-0.05, 0) is 48.8 Å². The Morgan fingerprint density at radius 1 is 1.27 bits per heavy atom. The molecule has 1 aromatic rings. The van der Waals surface area contributed by atoms with Crippen LogP contribution in [0.1, 0.15) is 24.8 Å². The first-order valence-corrected chi connectivity index (χ1v) is 9.58. The van der Waals surface area contributed by atoms with Gasteiger partial charge in [-0.3, -0.25) is 9.69 Å². The zero-order chi connectivity index (χ0) is 15.2. The Bertz CT molecular complexity index is 473. The second kappa shape index (κ2) is 8.02. The smallest absolute Gasteiger partial charge is 0.224 e. The number of amides is 1. The van der Waals surface area contributed by atoms with Crippen molar-refractivity contribution in [2.24, 2.45) is 11.8 Å². The maximum absolute atomic E-state index is 12.4. The maximum atomic E-state index is 12.4. The monoisotopic (exact) mass is 318 g/mol. The van der Waals surface area contributed by atoms with Crippen LogP contribution in [0.2, 0.25) is 0 Å². The average Bonchev–Trinajstić information content (AvgIpc) is 3.07. The van der Waals surface area contributed by atoms with Crippen LogP contribution in [-0.2, 0) is 11.3 Å². The predicted molar refractivity (Wildman–Crippen MR) is 92.9 cm³/mol. The standard InChI is InChI=1S/C18H26N2OS/c21-18(19-11-16-8-10-22-14-16)17-7-4-9-20(13-17)12-15-5-2-1-3-6-15/h1-3,5-6,16-17H,4,7-14H2,(H,19,21). The highest BCUT2D eigenvalue weighted by Crippen LogP contribution is 2.23. The maximum Gasteiger partial charge on any atom is 0.224 e. The van der Waals surface area contributed by atoms with E-state index in [-0.39, 0.29) is 11.8 Å². The average molecular weight is 318 g/mol. The van der Waals surface area contributed by atoms with Gasteiger partial charge in [-0.25, -0.2) is 0 Å². The molecule has 0 spiro atoms. The van der Waals surface area contributed by atoms with Gasteiger partial charge in [0, 0.05) is 19.6 Å². The van der Waals surface area contributed by atoms with Crippen molar-refractivity contribution >= 4 is 17.7 Å². The molecule has 1 aromatic carbocycles. The number of nitrogens with zero attached hydrogens (tertiary/aromatic N) is 1. The van der Waals surface area contributed by atoms with E-state index in [1.54, 1.807) is 0 Å². The van der Waals surface area contributed by atoms with Gasteiger partial charge in [-0.2, -0.15) is 11.8 Å². The first-order chi connectivity index (χ1) is 10.8. The quantitative estimate of drug-likeness (QED) is 0.906. The largest absolute Gasteiger partial charge is 0.356 e. The summed E-state index contributed by atoms with van der Waals surface area (Å²) in [6, 6.07) is 10.6. The van der Waals surface area contributed by atoms with Crippen LogP contribution in [0.4, 0.5) is 0 Å². The molecule has 2 aliphatic heterocycles. The van der Waals surface area contributed by atoms with Crippen LogP contribution in [-0.4, -0.2) is 41.9 Å². The van der Waals surface area contributed by atoms with Crippen molar-refractivity contribution in [3.63, 3.8) is 0 Å². The zero-order valence-corrected chi connectivity index (χ0v) is 14.0. The molecule has 22 heavy (non-hydrogen) atoms. The summed E-state index contributed by atoms with van der Waals surface area (Å²) in [4.78, 5) is 14.8. The summed E-state index contributed by atoms with van der Waals surface area (Å²) in [5.41, 5.74) is 1.34. The van der Waals surface area contributed by atoms with Crippen LogP contribution >= 0.6 is 11.8 Å². The number of carbonyl (C=O) groups excluding carboxylic acids is 1. The molecule has 120 valence electrons. The highest BCUT2D eigenvalue weighted by Gasteiger charge is 2.26. The van der Waals surface area contributed by atoms with Gasteiger partial charge in [-0.1, -0.05) is 30.3 Å². The van der Waals surface area contributed by atoms with E-state index in [0.717, 1.165) is 39.0 Å². The molecule has 1 N–H and O–H groups in total. The molecular weight excluding hydrogens is 292 g/mol. The van der Waals surface area contributed by atoms with Crippen LogP contribution in [0.15, 0.2) is 30.3 Å². The van der Waals surface area contributed by atoms with E-state index in [1.165, 1.54) is 23.5 Å². The van der Waals surface area contributed by atoms with Crippen molar-refractivity contribution in [2.75, 3.05) is 31.1 Å². The van der Waals surface area contributed by atoms with E-state index in [1.807, 2.05) is 11.8 Å². The van der Waals surface area contributed by atoms with Gasteiger partial charge in [0.15, 0.2) is 0 Å². The topological polar surface area (TPSA) is 32.3 Å². The molecule has 2 unspecified atom stereocenters. The Labute approximate surface area is 137 Å². The molecule has 3 nitrogen and oxygen atoms in total. The SMILES string of the molecule is O=C(NCC1CCSC1)C1CCCN(Cc2ccccc2)C1. The molecule has 0 saturated carbocycles. The summed E-state index contributed by atoms with van der Waals surface area (Å²) in [5, 5.41) is 3.20. The van der Waals surface area contributed by atoms with Crippen LogP contribution in [0.5, 0.6) is 0 Å². The molecule has 0 bridgehead atoms. The minimum absolute atomic E-state index is 0.173. The lowest BCUT2D eigenvalue weighted by Crippen LogP contribution is -2.43. The molecule has 0 aromatic heterocycles. The van der Waals surface area contributed by atoms with Crippen LogP contribution in [0, 0.1) is 11.8 Å². The van der Waals surface area contributed by atoms with E-state index in [2.05, 4.69) is 40.5 Å². The number of hydrogen-bond donors (Lipinski definition) is 1. The van der Waals surface area contributed by atoms with Crippen molar-refractivity contribution < 1.29 is 4.79 Å². The van der Waals surface area contributed by atoms with Crippen molar-refractivity contribution in [1.29, 1.82) is 0 Å². The number of carbonyl (C=O) groups is 1. The fourth-order valence-corrected chi connectivity index (χ4v) is 4.67. The highest BCUT2D eigenvalue weighted by molar-refractivity contribution is 7.99. The summed E-state index contributed by atoms with van der Waals surface area (Å²) >= 11 is 2.01. The third-order valence-electron chi connectivity index (χ3n) is 4.71. The Morgan fingerprint density at radius 3 is 2.91 bits per heavy atom. The van der Waals surface area contributed by atoms with E-state index >= 15 is 0 Å². The van der Waals surface area contributed by atoms with Gasteiger partial charge < -0.3 is 5.32 Å². The number of piperidine rings is 1. The van der Waals surface area contributed by atoms with Crippen molar-refractivity contribution in [2.45, 2.75) is 25.8 Å². The molecular formula is C18H26N2OS. The Balaban J connectivity index is 1.46. The number of nitrogens with one attached hydrogen (secondary N) is 1. The minimum Gasteiger partial charge on any atom is -0.356 e. The molecule has 2 saturated heterocycles. The van der Waals surface area contributed by atoms with Crippen molar-refractivity contribution in [1.82, 2.24) is 10.2 Å². The van der Waals surface area contributed by atoms with Gasteiger partial charge in [0.25, 0.3) is 0 Å². The molecule has 0 aliphatic carbocycles. The van der Waals surface area contributed by atoms with Gasteiger partial charge in [0.1, 0.15) is 0 Å². The van der Waals surface area contributed by atoms with Gasteiger partial charge >= 0.3 is 0 Å². The van der Waals surface area contributed by atoms with Crippen LogP contribution < -0.4 is 5.32 Å². The normalized spacial score (nSPS) is 26.0. The first-order valence-electron chi connectivity index (χ1n) is 8.43. The fraction of sp³-hybridized carbons (Fsp3) is 0.611. The molecule has 2 aliphatic rings. The van der Waals surface area contributed by atoms with E-state index in [0.29, 0.717) is 5.92 Å². The van der Waals surface area contributed by atoms with Gasteiger partial charge in [0.05, 0.1) is 5.92 Å². The Hall–Kier alpha value is -1.00. The highest BCUT2D eigenvalue weighted by atomic mass is 32.2. The third kappa shape index (κ3) is 4.50. The zero-order valence-electron chi connectivity index (χ0n) is 13.2. The number of rotatable bonds is 5. The lowest BCUT2D eigenvalue weighted by atomic mass is 9.96. The fourth-order valence-electron chi connectivity index (χ4n) is 3.39. The third-order valence-corrected chi connectivity index (χ3v) is 5.95. The first kappa shape index (κ1) is 15.9. The van der Waals surface area contributed by atoms with E-state index < -0.39 is 0 Å². The Morgan fingerprint density at radius 2 is 2.14 bits per heavy atom. The summed E-state index contributed by atoms with van der Waals surface area (Å²) < 4.78 is 0. The number of hydrogen-bond acceptors (Lipinski definition) is 3. The summed E-state index contributed by atoms with van der Waals surface area (Å²) in [6.07, 6.45) is 3.43. The second-order valence-corrected chi connectivity index (χ2v) is 7.68. The molecule has 1 amide bonds. The lowest BCUT2D eigenvalue weighted by molar-refractivity contribution is -0.126. The van der Waals surface area contributed by atoms with Crippen molar-refractivity contribution in [3.8, 4) is 0 Å². The molecule has 3 rings (SSSR count). The Kier molecular flexibility index (Phi) is 5.79. The van der Waals surface area contributed by atoms with E-state index in [9.17, 15) is 4.79 Å².